The fourth-order valence-electron chi connectivity index (χ4n) is 1.52. The first-order valence-corrected chi connectivity index (χ1v) is 4.82. The predicted octanol–water partition coefficient (Wildman–Crippen LogP) is 3.14. The van der Waals surface area contributed by atoms with Crippen molar-refractivity contribution in [3.05, 3.63) is 23.5 Å². The average Bonchev–Trinajstić information content (AvgIpc) is 2.15. The highest BCUT2D eigenvalue weighted by atomic mass is 19.1. The van der Waals surface area contributed by atoms with Crippen molar-refractivity contribution in [1.29, 1.82) is 0 Å². The van der Waals surface area contributed by atoms with Crippen LogP contribution in [-0.4, -0.2) is 14.2 Å². The highest BCUT2D eigenvalue weighted by Gasteiger charge is 2.23. The molecule has 0 saturated heterocycles. The molecule has 2 nitrogen and oxygen atoms in total. The molecule has 0 aromatic heterocycles. The lowest BCUT2D eigenvalue weighted by molar-refractivity contribution is 0.329. The summed E-state index contributed by atoms with van der Waals surface area (Å²) in [6.45, 7) is 6.13. The summed E-state index contributed by atoms with van der Waals surface area (Å²) < 4.78 is 23.6. The van der Waals surface area contributed by atoms with E-state index in [1.54, 1.807) is 6.07 Å². The van der Waals surface area contributed by atoms with E-state index in [1.165, 1.54) is 20.3 Å². The molecule has 0 heterocycles. The van der Waals surface area contributed by atoms with Crippen LogP contribution in [0.4, 0.5) is 4.39 Å². The van der Waals surface area contributed by atoms with Crippen molar-refractivity contribution in [3.63, 3.8) is 0 Å². The van der Waals surface area contributed by atoms with E-state index in [0.717, 1.165) is 5.56 Å². The van der Waals surface area contributed by atoms with Crippen LogP contribution in [0.5, 0.6) is 11.5 Å². The van der Waals surface area contributed by atoms with E-state index in [-0.39, 0.29) is 11.2 Å². The summed E-state index contributed by atoms with van der Waals surface area (Å²) in [6, 6.07) is 3.14. The van der Waals surface area contributed by atoms with E-state index in [9.17, 15) is 4.39 Å². The Bertz CT molecular complexity index is 353. The second-order valence-electron chi connectivity index (χ2n) is 4.41. The Labute approximate surface area is 90.0 Å². The first kappa shape index (κ1) is 11.8. The van der Waals surface area contributed by atoms with E-state index >= 15 is 0 Å². The molecule has 0 spiro atoms. The van der Waals surface area contributed by atoms with Gasteiger partial charge < -0.3 is 9.47 Å². The SMILES string of the molecule is COc1c(F)ccc(C(C)(C)C)c1OC. The molecule has 0 bridgehead atoms. The molecule has 0 N–H and O–H groups in total. The molecule has 0 aliphatic heterocycles. The average molecular weight is 212 g/mol. The quantitative estimate of drug-likeness (QED) is 0.749. The van der Waals surface area contributed by atoms with E-state index in [2.05, 4.69) is 0 Å². The molecule has 0 aliphatic carbocycles. The summed E-state index contributed by atoms with van der Waals surface area (Å²) in [6.07, 6.45) is 0. The first-order valence-electron chi connectivity index (χ1n) is 4.82. The minimum Gasteiger partial charge on any atom is -0.492 e. The summed E-state index contributed by atoms with van der Waals surface area (Å²) in [4.78, 5) is 0. The third-order valence-electron chi connectivity index (χ3n) is 2.28. The molecule has 0 atom stereocenters. The van der Waals surface area contributed by atoms with Gasteiger partial charge in [0.15, 0.2) is 17.3 Å². The Balaban J connectivity index is 3.42. The van der Waals surface area contributed by atoms with Crippen molar-refractivity contribution in [3.8, 4) is 11.5 Å². The molecule has 1 aromatic carbocycles. The number of halogens is 1. The monoisotopic (exact) mass is 212 g/mol. The van der Waals surface area contributed by atoms with Crippen LogP contribution in [0.2, 0.25) is 0 Å². The van der Waals surface area contributed by atoms with E-state index in [1.807, 2.05) is 20.8 Å². The van der Waals surface area contributed by atoms with Crippen molar-refractivity contribution in [2.45, 2.75) is 26.2 Å². The summed E-state index contributed by atoms with van der Waals surface area (Å²) >= 11 is 0. The van der Waals surface area contributed by atoms with Gasteiger partial charge in [0.25, 0.3) is 0 Å². The van der Waals surface area contributed by atoms with Gasteiger partial charge in [-0.25, -0.2) is 4.39 Å². The zero-order valence-corrected chi connectivity index (χ0v) is 9.85. The van der Waals surface area contributed by atoms with Crippen LogP contribution >= 0.6 is 0 Å². The summed E-state index contributed by atoms with van der Waals surface area (Å²) in [7, 11) is 2.96. The minimum absolute atomic E-state index is 0.105. The largest absolute Gasteiger partial charge is 0.492 e. The number of rotatable bonds is 2. The van der Waals surface area contributed by atoms with Gasteiger partial charge in [0.1, 0.15) is 0 Å². The predicted molar refractivity (Wildman–Crippen MR) is 58.2 cm³/mol. The Morgan fingerprint density at radius 1 is 1.00 bits per heavy atom. The molecule has 3 heteroatoms. The second-order valence-corrected chi connectivity index (χ2v) is 4.41. The molecular formula is C12H17FO2. The molecule has 0 saturated carbocycles. The summed E-state index contributed by atoms with van der Waals surface area (Å²) in [5.74, 6) is 0.247. The normalized spacial score (nSPS) is 11.3. The molecular weight excluding hydrogens is 195 g/mol. The van der Waals surface area contributed by atoms with Crippen molar-refractivity contribution in [2.24, 2.45) is 0 Å². The lowest BCUT2D eigenvalue weighted by atomic mass is 9.86. The molecule has 1 rings (SSSR count). The topological polar surface area (TPSA) is 18.5 Å². The molecule has 15 heavy (non-hydrogen) atoms. The Hall–Kier alpha value is -1.25. The van der Waals surface area contributed by atoms with Crippen LogP contribution in [0.25, 0.3) is 0 Å². The molecule has 0 fully saturated rings. The zero-order chi connectivity index (χ0) is 11.6. The number of hydrogen-bond acceptors (Lipinski definition) is 2. The Morgan fingerprint density at radius 3 is 1.93 bits per heavy atom. The van der Waals surface area contributed by atoms with Crippen LogP contribution in [-0.2, 0) is 5.41 Å². The van der Waals surface area contributed by atoms with Crippen molar-refractivity contribution in [1.82, 2.24) is 0 Å². The number of methoxy groups -OCH3 is 2. The van der Waals surface area contributed by atoms with Gasteiger partial charge in [-0.15, -0.1) is 0 Å². The van der Waals surface area contributed by atoms with Crippen molar-refractivity contribution < 1.29 is 13.9 Å². The number of ether oxygens (including phenoxy) is 2. The van der Waals surface area contributed by atoms with Gasteiger partial charge in [0.2, 0.25) is 0 Å². The third-order valence-corrected chi connectivity index (χ3v) is 2.28. The van der Waals surface area contributed by atoms with Crippen LogP contribution in [0.15, 0.2) is 12.1 Å². The van der Waals surface area contributed by atoms with Crippen LogP contribution in [0.1, 0.15) is 26.3 Å². The van der Waals surface area contributed by atoms with Gasteiger partial charge in [0, 0.05) is 5.56 Å². The van der Waals surface area contributed by atoms with E-state index in [0.29, 0.717) is 5.75 Å². The molecule has 1 aromatic rings. The van der Waals surface area contributed by atoms with Crippen LogP contribution in [0, 0.1) is 5.82 Å². The maximum absolute atomic E-state index is 13.4. The highest BCUT2D eigenvalue weighted by Crippen LogP contribution is 2.39. The summed E-state index contributed by atoms with van der Waals surface area (Å²) in [5, 5.41) is 0. The molecule has 84 valence electrons. The fraction of sp³-hybridized carbons (Fsp3) is 0.500. The second kappa shape index (κ2) is 4.09. The first-order chi connectivity index (χ1) is 6.91. The summed E-state index contributed by atoms with van der Waals surface area (Å²) in [5.41, 5.74) is 0.829. The minimum atomic E-state index is -0.401. The Kier molecular flexibility index (Phi) is 3.22. The van der Waals surface area contributed by atoms with Gasteiger partial charge in [-0.2, -0.15) is 0 Å². The molecule has 0 aliphatic rings. The molecule has 0 amide bonds. The van der Waals surface area contributed by atoms with Gasteiger partial charge in [-0.3, -0.25) is 0 Å². The zero-order valence-electron chi connectivity index (χ0n) is 9.85. The maximum atomic E-state index is 13.4. The third kappa shape index (κ3) is 2.22. The number of hydrogen-bond donors (Lipinski definition) is 0. The van der Waals surface area contributed by atoms with Crippen molar-refractivity contribution in [2.75, 3.05) is 14.2 Å². The molecule has 0 unspecified atom stereocenters. The van der Waals surface area contributed by atoms with Gasteiger partial charge in [-0.1, -0.05) is 26.8 Å². The smallest absolute Gasteiger partial charge is 0.197 e. The van der Waals surface area contributed by atoms with Crippen LogP contribution in [0.3, 0.4) is 0 Å². The maximum Gasteiger partial charge on any atom is 0.197 e. The van der Waals surface area contributed by atoms with E-state index in [4.69, 9.17) is 9.47 Å². The fourth-order valence-corrected chi connectivity index (χ4v) is 1.52. The van der Waals surface area contributed by atoms with Crippen molar-refractivity contribution >= 4 is 0 Å². The Morgan fingerprint density at radius 2 is 1.53 bits per heavy atom. The standard InChI is InChI=1S/C12H17FO2/c1-12(2,3)8-6-7-9(13)11(15-5)10(8)14-4/h6-7H,1-5H3. The van der Waals surface area contributed by atoms with Gasteiger partial charge in [0.05, 0.1) is 14.2 Å². The van der Waals surface area contributed by atoms with Gasteiger partial charge in [-0.05, 0) is 11.5 Å². The van der Waals surface area contributed by atoms with Crippen LogP contribution < -0.4 is 9.47 Å². The lowest BCUT2D eigenvalue weighted by Gasteiger charge is -2.23. The lowest BCUT2D eigenvalue weighted by Crippen LogP contribution is -2.13. The number of benzene rings is 1. The van der Waals surface area contributed by atoms with Gasteiger partial charge >= 0.3 is 0 Å². The molecule has 0 radical (unpaired) electrons. The highest BCUT2D eigenvalue weighted by molar-refractivity contribution is 5.50. The van der Waals surface area contributed by atoms with E-state index < -0.39 is 5.82 Å².